The molecule has 3 rings (SSSR count). The SMILES string of the molecule is O=C(O)C1CCCCCN1Cc1nc(-c2cccs2)no1. The first-order valence-corrected chi connectivity index (χ1v) is 7.95. The highest BCUT2D eigenvalue weighted by molar-refractivity contribution is 7.13. The van der Waals surface area contributed by atoms with E-state index in [1.54, 1.807) is 11.3 Å². The standard InChI is InChI=1S/C14H17N3O3S/c18-14(19)10-5-2-1-3-7-17(10)9-12-15-13(16-20-12)11-6-4-8-21-11/h4,6,8,10H,1-3,5,7,9H2,(H,18,19). The molecule has 1 unspecified atom stereocenters. The zero-order valence-electron chi connectivity index (χ0n) is 11.6. The Balaban J connectivity index is 1.73. The van der Waals surface area contributed by atoms with E-state index in [1.807, 2.05) is 22.4 Å². The van der Waals surface area contributed by atoms with Crippen molar-refractivity contribution in [2.45, 2.75) is 38.3 Å². The summed E-state index contributed by atoms with van der Waals surface area (Å²) in [5.74, 6) is 0.281. The lowest BCUT2D eigenvalue weighted by Crippen LogP contribution is -2.40. The third-order valence-electron chi connectivity index (χ3n) is 3.70. The predicted molar refractivity (Wildman–Crippen MR) is 77.9 cm³/mol. The number of hydrogen-bond donors (Lipinski definition) is 1. The van der Waals surface area contributed by atoms with Gasteiger partial charge in [0, 0.05) is 0 Å². The Labute approximate surface area is 126 Å². The smallest absolute Gasteiger partial charge is 0.320 e. The van der Waals surface area contributed by atoms with E-state index >= 15 is 0 Å². The third kappa shape index (κ3) is 3.30. The van der Waals surface area contributed by atoms with E-state index in [9.17, 15) is 9.90 Å². The van der Waals surface area contributed by atoms with Crippen LogP contribution >= 0.6 is 11.3 Å². The van der Waals surface area contributed by atoms with Crippen LogP contribution in [0, 0.1) is 0 Å². The summed E-state index contributed by atoms with van der Waals surface area (Å²) in [4.78, 5) is 18.6. The van der Waals surface area contributed by atoms with Gasteiger partial charge < -0.3 is 9.63 Å². The van der Waals surface area contributed by atoms with Gasteiger partial charge in [0.15, 0.2) is 0 Å². The molecule has 1 aliphatic heterocycles. The molecule has 1 N–H and O–H groups in total. The summed E-state index contributed by atoms with van der Waals surface area (Å²) < 4.78 is 5.27. The molecule has 0 aliphatic carbocycles. The number of hydrogen-bond acceptors (Lipinski definition) is 6. The van der Waals surface area contributed by atoms with Crippen molar-refractivity contribution in [3.63, 3.8) is 0 Å². The van der Waals surface area contributed by atoms with E-state index < -0.39 is 12.0 Å². The summed E-state index contributed by atoms with van der Waals surface area (Å²) in [7, 11) is 0. The van der Waals surface area contributed by atoms with Gasteiger partial charge in [-0.1, -0.05) is 24.1 Å². The fourth-order valence-electron chi connectivity index (χ4n) is 2.64. The monoisotopic (exact) mass is 307 g/mol. The fourth-order valence-corrected chi connectivity index (χ4v) is 3.28. The molecule has 0 aromatic carbocycles. The quantitative estimate of drug-likeness (QED) is 0.935. The van der Waals surface area contributed by atoms with Gasteiger partial charge >= 0.3 is 5.97 Å². The van der Waals surface area contributed by atoms with Gasteiger partial charge in [-0.15, -0.1) is 11.3 Å². The van der Waals surface area contributed by atoms with Crippen LogP contribution in [-0.2, 0) is 11.3 Å². The van der Waals surface area contributed by atoms with E-state index in [4.69, 9.17) is 4.52 Å². The Kier molecular flexibility index (Phi) is 4.31. The van der Waals surface area contributed by atoms with E-state index in [0.717, 1.165) is 30.7 Å². The van der Waals surface area contributed by atoms with Crippen LogP contribution in [0.5, 0.6) is 0 Å². The van der Waals surface area contributed by atoms with Gasteiger partial charge in [-0.2, -0.15) is 4.98 Å². The number of nitrogens with zero attached hydrogens (tertiary/aromatic N) is 3. The molecule has 112 valence electrons. The predicted octanol–water partition coefficient (Wildman–Crippen LogP) is 2.63. The van der Waals surface area contributed by atoms with Gasteiger partial charge in [-0.3, -0.25) is 9.69 Å². The van der Waals surface area contributed by atoms with Gasteiger partial charge in [-0.05, 0) is 30.8 Å². The van der Waals surface area contributed by atoms with E-state index in [1.165, 1.54) is 0 Å². The lowest BCUT2D eigenvalue weighted by Gasteiger charge is -2.24. The molecule has 1 aliphatic rings. The molecule has 6 nitrogen and oxygen atoms in total. The van der Waals surface area contributed by atoms with Crippen molar-refractivity contribution in [2.75, 3.05) is 6.54 Å². The van der Waals surface area contributed by atoms with Gasteiger partial charge in [0.05, 0.1) is 11.4 Å². The topological polar surface area (TPSA) is 79.5 Å². The number of rotatable bonds is 4. The molecule has 0 bridgehead atoms. The molecule has 0 spiro atoms. The van der Waals surface area contributed by atoms with Crippen molar-refractivity contribution in [2.24, 2.45) is 0 Å². The summed E-state index contributed by atoms with van der Waals surface area (Å²) in [6.07, 6.45) is 3.72. The van der Waals surface area contributed by atoms with Crippen LogP contribution in [0.2, 0.25) is 0 Å². The molecule has 1 fully saturated rings. The molecule has 3 heterocycles. The Bertz CT molecular complexity index is 596. The maximum atomic E-state index is 11.4. The Hall–Kier alpha value is -1.73. The molecule has 1 atom stereocenters. The van der Waals surface area contributed by atoms with Gasteiger partial charge in [-0.25, -0.2) is 0 Å². The number of carboxylic acids is 1. The molecule has 0 saturated carbocycles. The third-order valence-corrected chi connectivity index (χ3v) is 4.56. The van der Waals surface area contributed by atoms with E-state index in [0.29, 0.717) is 24.7 Å². The Morgan fingerprint density at radius 1 is 1.48 bits per heavy atom. The zero-order chi connectivity index (χ0) is 14.7. The molecular formula is C14H17N3O3S. The minimum absolute atomic E-state index is 0.398. The van der Waals surface area contributed by atoms with Crippen LogP contribution < -0.4 is 0 Å². The van der Waals surface area contributed by atoms with Crippen LogP contribution in [-0.4, -0.2) is 38.7 Å². The molecule has 2 aromatic rings. The van der Waals surface area contributed by atoms with Gasteiger partial charge in [0.1, 0.15) is 6.04 Å². The number of aliphatic carboxylic acids is 1. The van der Waals surface area contributed by atoms with Crippen molar-refractivity contribution in [3.8, 4) is 10.7 Å². The Morgan fingerprint density at radius 3 is 3.14 bits per heavy atom. The lowest BCUT2D eigenvalue weighted by atomic mass is 10.1. The van der Waals surface area contributed by atoms with Crippen molar-refractivity contribution in [1.29, 1.82) is 0 Å². The molecule has 0 amide bonds. The molecule has 1 saturated heterocycles. The number of carboxylic acid groups (broad SMARTS) is 1. The van der Waals surface area contributed by atoms with Crippen molar-refractivity contribution in [1.82, 2.24) is 15.0 Å². The van der Waals surface area contributed by atoms with Gasteiger partial charge in [0.25, 0.3) is 0 Å². The first-order chi connectivity index (χ1) is 10.2. The zero-order valence-corrected chi connectivity index (χ0v) is 12.4. The summed E-state index contributed by atoms with van der Waals surface area (Å²) in [5.41, 5.74) is 0. The summed E-state index contributed by atoms with van der Waals surface area (Å²) in [5, 5.41) is 15.3. The highest BCUT2D eigenvalue weighted by Gasteiger charge is 2.28. The second-order valence-electron chi connectivity index (χ2n) is 5.16. The maximum absolute atomic E-state index is 11.4. The van der Waals surface area contributed by atoms with Crippen LogP contribution in [0.25, 0.3) is 10.7 Å². The number of carbonyl (C=O) groups is 1. The van der Waals surface area contributed by atoms with Crippen LogP contribution in [0.4, 0.5) is 0 Å². The van der Waals surface area contributed by atoms with E-state index in [2.05, 4.69) is 10.1 Å². The lowest BCUT2D eigenvalue weighted by molar-refractivity contribution is -0.143. The average Bonchev–Trinajstić information content (AvgIpc) is 3.07. The first-order valence-electron chi connectivity index (χ1n) is 7.07. The highest BCUT2D eigenvalue weighted by atomic mass is 32.1. The molecular weight excluding hydrogens is 290 g/mol. The molecule has 2 aromatic heterocycles. The average molecular weight is 307 g/mol. The Morgan fingerprint density at radius 2 is 2.38 bits per heavy atom. The maximum Gasteiger partial charge on any atom is 0.320 e. The van der Waals surface area contributed by atoms with Crippen LogP contribution in [0.1, 0.15) is 31.6 Å². The second kappa shape index (κ2) is 6.36. The van der Waals surface area contributed by atoms with E-state index in [-0.39, 0.29) is 0 Å². The van der Waals surface area contributed by atoms with Crippen molar-refractivity contribution in [3.05, 3.63) is 23.4 Å². The number of thiophene rings is 1. The van der Waals surface area contributed by atoms with Gasteiger partial charge in [0.2, 0.25) is 11.7 Å². The molecule has 21 heavy (non-hydrogen) atoms. The molecule has 7 heteroatoms. The summed E-state index contributed by atoms with van der Waals surface area (Å²) >= 11 is 1.55. The van der Waals surface area contributed by atoms with Crippen LogP contribution in [0.15, 0.2) is 22.0 Å². The van der Waals surface area contributed by atoms with Crippen molar-refractivity contribution >= 4 is 17.3 Å². The largest absolute Gasteiger partial charge is 0.480 e. The molecule has 0 radical (unpaired) electrons. The summed E-state index contributed by atoms with van der Waals surface area (Å²) in [6, 6.07) is 3.42. The first kappa shape index (κ1) is 14.2. The minimum atomic E-state index is -0.769. The fraction of sp³-hybridized carbons (Fsp3) is 0.500. The van der Waals surface area contributed by atoms with Crippen LogP contribution in [0.3, 0.4) is 0 Å². The van der Waals surface area contributed by atoms with Crippen molar-refractivity contribution < 1.29 is 14.4 Å². The number of aromatic nitrogens is 2. The normalized spacial score (nSPS) is 20.3. The minimum Gasteiger partial charge on any atom is -0.480 e. The number of likely N-dealkylation sites (tertiary alicyclic amines) is 1. The summed E-state index contributed by atoms with van der Waals surface area (Å²) in [6.45, 7) is 1.16. The second-order valence-corrected chi connectivity index (χ2v) is 6.11. The highest BCUT2D eigenvalue weighted by Crippen LogP contribution is 2.23.